The summed E-state index contributed by atoms with van der Waals surface area (Å²) in [6, 6.07) is 0. The minimum atomic E-state index is 0.333. The molecule has 0 saturated heterocycles. The lowest BCUT2D eigenvalue weighted by Gasteiger charge is -2.36. The summed E-state index contributed by atoms with van der Waals surface area (Å²) < 4.78 is 0. The van der Waals surface area contributed by atoms with Gasteiger partial charge in [0.25, 0.3) is 0 Å². The second-order valence-corrected chi connectivity index (χ2v) is 8.14. The van der Waals surface area contributed by atoms with Gasteiger partial charge < -0.3 is 0 Å². The maximum Gasteiger partial charge on any atom is 0.142 e. The van der Waals surface area contributed by atoms with Crippen LogP contribution < -0.4 is 0 Å². The van der Waals surface area contributed by atoms with E-state index >= 15 is 0 Å². The molecule has 0 saturated carbocycles. The van der Waals surface area contributed by atoms with Gasteiger partial charge in [0.1, 0.15) is 6.29 Å². The molecule has 0 fully saturated rings. The minimum Gasteiger partial charge on any atom is -0.299 e. The first kappa shape index (κ1) is 23.4. The molecule has 0 radical (unpaired) electrons. The number of carbonyl (C=O) groups is 1. The zero-order valence-electron chi connectivity index (χ0n) is 18.3. The van der Waals surface area contributed by atoms with Crippen molar-refractivity contribution in [1.82, 2.24) is 0 Å². The molecule has 28 heavy (non-hydrogen) atoms. The van der Waals surface area contributed by atoms with Crippen LogP contribution in [0, 0.1) is 23.2 Å². The predicted octanol–water partition coefficient (Wildman–Crippen LogP) is 7.08. The molecule has 0 N–H and O–H groups in total. The monoisotopic (exact) mass is 374 g/mol. The lowest BCUT2D eigenvalue weighted by atomic mass is 9.68. The fourth-order valence-corrected chi connectivity index (χ4v) is 3.24. The second-order valence-electron chi connectivity index (χ2n) is 8.14. The largest absolute Gasteiger partial charge is 0.299 e. The van der Waals surface area contributed by atoms with Gasteiger partial charge in [-0.05, 0) is 75.3 Å². The van der Waals surface area contributed by atoms with Crippen molar-refractivity contribution < 1.29 is 4.79 Å². The fraction of sp³-hybridized carbons (Fsp3) is 0.370. The first-order chi connectivity index (χ1) is 13.3. The van der Waals surface area contributed by atoms with Crippen molar-refractivity contribution in [2.24, 2.45) is 11.3 Å². The summed E-state index contributed by atoms with van der Waals surface area (Å²) in [6.07, 6.45) is 23.3. The van der Waals surface area contributed by atoms with Crippen molar-refractivity contribution in [1.29, 1.82) is 0 Å². The van der Waals surface area contributed by atoms with E-state index in [1.807, 2.05) is 19.9 Å². The Hall–Kier alpha value is -2.59. The van der Waals surface area contributed by atoms with Gasteiger partial charge in [-0.3, -0.25) is 4.79 Å². The van der Waals surface area contributed by atoms with Crippen molar-refractivity contribution in [2.75, 3.05) is 0 Å². The van der Waals surface area contributed by atoms with Crippen molar-refractivity contribution in [3.8, 4) is 11.8 Å². The van der Waals surface area contributed by atoms with Crippen molar-refractivity contribution in [3.05, 3.63) is 83.1 Å². The van der Waals surface area contributed by atoms with Gasteiger partial charge in [0.15, 0.2) is 0 Å². The molecule has 0 aromatic heterocycles. The lowest BCUT2D eigenvalue weighted by molar-refractivity contribution is -0.104. The molecule has 0 amide bonds. The molecule has 0 unspecified atom stereocenters. The van der Waals surface area contributed by atoms with Crippen LogP contribution in [0.2, 0.25) is 0 Å². The highest BCUT2D eigenvalue weighted by Crippen LogP contribution is 2.41. The molecule has 0 aromatic rings. The lowest BCUT2D eigenvalue weighted by Crippen LogP contribution is -2.26. The minimum absolute atomic E-state index is 0.333. The van der Waals surface area contributed by atoms with Gasteiger partial charge in [0.2, 0.25) is 0 Å². The average molecular weight is 375 g/mol. The molecule has 1 aliphatic rings. The number of hydrogen-bond acceptors (Lipinski definition) is 1. The predicted molar refractivity (Wildman–Crippen MR) is 123 cm³/mol. The zero-order valence-corrected chi connectivity index (χ0v) is 18.3. The molecule has 1 heteroatoms. The molecule has 0 heterocycles. The van der Waals surface area contributed by atoms with E-state index in [0.717, 1.165) is 17.4 Å². The normalized spacial score (nSPS) is 21.1. The summed E-state index contributed by atoms with van der Waals surface area (Å²) in [5.41, 5.74) is 5.11. The number of aldehydes is 1. The Morgan fingerprint density at radius 2 is 1.61 bits per heavy atom. The van der Waals surface area contributed by atoms with Gasteiger partial charge in [-0.1, -0.05) is 79.4 Å². The number of hydrogen-bond donors (Lipinski definition) is 0. The number of allylic oxidation sites excluding steroid dienone is 14. The third-order valence-corrected chi connectivity index (χ3v) is 4.98. The zero-order chi connectivity index (χ0) is 21.0. The summed E-state index contributed by atoms with van der Waals surface area (Å²) in [5.74, 6) is 6.50. The van der Waals surface area contributed by atoms with E-state index in [9.17, 15) is 4.79 Å². The van der Waals surface area contributed by atoms with Gasteiger partial charge in [-0.15, -0.1) is 0 Å². The van der Waals surface area contributed by atoms with Crippen LogP contribution in [0.1, 0.15) is 54.4 Å². The first-order valence-electron chi connectivity index (χ1n) is 9.92. The van der Waals surface area contributed by atoms with Crippen LogP contribution in [0.5, 0.6) is 0 Å². The Labute approximate surface area is 172 Å². The van der Waals surface area contributed by atoms with E-state index < -0.39 is 0 Å². The maximum absolute atomic E-state index is 10.3. The highest BCUT2D eigenvalue weighted by molar-refractivity contribution is 5.65. The number of rotatable bonds is 6. The van der Waals surface area contributed by atoms with Crippen LogP contribution in [0.15, 0.2) is 83.1 Å². The van der Waals surface area contributed by atoms with Crippen molar-refractivity contribution in [2.45, 2.75) is 54.4 Å². The molecule has 0 spiro atoms. The summed E-state index contributed by atoms with van der Waals surface area (Å²) in [4.78, 5) is 10.3. The quantitative estimate of drug-likeness (QED) is 0.160. The third-order valence-electron chi connectivity index (χ3n) is 4.98. The molecule has 0 aliphatic heterocycles. The van der Waals surface area contributed by atoms with Gasteiger partial charge in [0, 0.05) is 5.92 Å². The topological polar surface area (TPSA) is 17.1 Å². The Balaban J connectivity index is 2.68. The van der Waals surface area contributed by atoms with Gasteiger partial charge in [-0.2, -0.15) is 0 Å². The van der Waals surface area contributed by atoms with E-state index in [0.29, 0.717) is 11.3 Å². The highest BCUT2D eigenvalue weighted by atomic mass is 16.1. The standard InChI is InChI=1S/C27H34O/c1-22(12-7-8-13-23(2)16-11-21-28)14-9-15-24(3)18-19-26-25(4)17-10-20-27(26,5)6/h9,11-19,21,26H,10,20H2,1-6H3/b14-9+,16-11+,19-18+,22-12+,23-13+,24-15+/t26-/m0/s1. The number of carbonyl (C=O) groups excluding carboxylic acids is 1. The molecular weight excluding hydrogens is 340 g/mol. The first-order valence-corrected chi connectivity index (χ1v) is 9.92. The molecule has 0 bridgehead atoms. The summed E-state index contributed by atoms with van der Waals surface area (Å²) in [5, 5.41) is 0. The summed E-state index contributed by atoms with van der Waals surface area (Å²) >= 11 is 0. The molecular formula is C27H34O. The van der Waals surface area contributed by atoms with E-state index in [-0.39, 0.29) is 0 Å². The third kappa shape index (κ3) is 8.87. The van der Waals surface area contributed by atoms with Crippen LogP contribution in [-0.2, 0) is 4.79 Å². The molecule has 1 nitrogen and oxygen atoms in total. The van der Waals surface area contributed by atoms with E-state index in [1.54, 1.807) is 12.2 Å². The van der Waals surface area contributed by atoms with Gasteiger partial charge in [0.05, 0.1) is 0 Å². The second kappa shape index (κ2) is 12.0. The van der Waals surface area contributed by atoms with E-state index in [1.165, 1.54) is 30.1 Å². The van der Waals surface area contributed by atoms with E-state index in [2.05, 4.69) is 76.0 Å². The van der Waals surface area contributed by atoms with E-state index in [4.69, 9.17) is 0 Å². The van der Waals surface area contributed by atoms with Crippen LogP contribution in [0.4, 0.5) is 0 Å². The summed E-state index contributed by atoms with van der Waals surface area (Å²) in [7, 11) is 0. The fourth-order valence-electron chi connectivity index (χ4n) is 3.24. The Morgan fingerprint density at radius 3 is 2.18 bits per heavy atom. The molecule has 1 aliphatic carbocycles. The maximum atomic E-state index is 10.3. The van der Waals surface area contributed by atoms with Crippen molar-refractivity contribution >= 4 is 6.29 Å². The highest BCUT2D eigenvalue weighted by Gasteiger charge is 2.30. The average Bonchev–Trinajstić information content (AvgIpc) is 2.62. The molecule has 1 rings (SSSR count). The van der Waals surface area contributed by atoms with Crippen LogP contribution in [-0.4, -0.2) is 6.29 Å². The van der Waals surface area contributed by atoms with Crippen molar-refractivity contribution in [3.63, 3.8) is 0 Å². The van der Waals surface area contributed by atoms with Crippen LogP contribution in [0.25, 0.3) is 0 Å². The molecule has 148 valence electrons. The van der Waals surface area contributed by atoms with Crippen LogP contribution in [0.3, 0.4) is 0 Å². The summed E-state index contributed by atoms with van der Waals surface area (Å²) in [6.45, 7) is 13.1. The Kier molecular flexibility index (Phi) is 10.0. The van der Waals surface area contributed by atoms with Gasteiger partial charge >= 0.3 is 0 Å². The molecule has 1 atom stereocenters. The molecule has 0 aromatic carbocycles. The van der Waals surface area contributed by atoms with Gasteiger partial charge in [-0.25, -0.2) is 0 Å². The van der Waals surface area contributed by atoms with Crippen LogP contribution >= 0.6 is 0 Å². The Morgan fingerprint density at radius 1 is 1.00 bits per heavy atom. The SMILES string of the molecule is CC1=CCCC(C)(C)[C@H]1/C=C/C(C)=C/C=C/C(C)=C/C#C/C=C(C)/C=C/C=O. The Bertz CT molecular complexity index is 808. The smallest absolute Gasteiger partial charge is 0.142 e.